The van der Waals surface area contributed by atoms with E-state index in [2.05, 4.69) is 11.1 Å². The minimum absolute atomic E-state index is 0.163. The zero-order chi connectivity index (χ0) is 14.2. The van der Waals surface area contributed by atoms with Gasteiger partial charge in [0, 0.05) is 31.3 Å². The van der Waals surface area contributed by atoms with Gasteiger partial charge in [0.15, 0.2) is 0 Å². The van der Waals surface area contributed by atoms with Crippen LogP contribution in [0.4, 0.5) is 14.6 Å². The van der Waals surface area contributed by atoms with Crippen molar-refractivity contribution in [3.05, 3.63) is 35.9 Å². The van der Waals surface area contributed by atoms with E-state index in [0.29, 0.717) is 11.4 Å². The maximum Gasteiger partial charge on any atom is 0.251 e. The number of aromatic nitrogens is 1. The highest BCUT2D eigenvalue weighted by atomic mass is 19.3. The van der Waals surface area contributed by atoms with Crippen molar-refractivity contribution in [2.24, 2.45) is 0 Å². The zero-order valence-electron chi connectivity index (χ0n) is 10.8. The maximum absolute atomic E-state index is 13.2. The third-order valence-corrected chi connectivity index (χ3v) is 3.64. The van der Waals surface area contributed by atoms with Crippen LogP contribution in [-0.2, 0) is 0 Å². The van der Waals surface area contributed by atoms with Crippen LogP contribution in [0.3, 0.4) is 0 Å². The molecule has 1 fully saturated rings. The zero-order valence-corrected chi connectivity index (χ0v) is 10.8. The molecule has 3 rings (SSSR count). The van der Waals surface area contributed by atoms with Crippen molar-refractivity contribution < 1.29 is 8.78 Å². The molecular weight excluding hydrogens is 260 g/mol. The summed E-state index contributed by atoms with van der Waals surface area (Å²) in [7, 11) is 0. The standard InChI is InChI=1S/C15H13F2N3/c16-15(17)5-7-20(8-6-15)14-9-11(10-18)12-3-1-2-4-13(12)19-14/h1-4,9H,5-8H2. The van der Waals surface area contributed by atoms with E-state index in [-0.39, 0.29) is 25.9 Å². The lowest BCUT2D eigenvalue weighted by Crippen LogP contribution is -2.39. The Bertz CT molecular complexity index is 681. The Balaban J connectivity index is 1.99. The molecule has 0 radical (unpaired) electrons. The van der Waals surface area contributed by atoms with Gasteiger partial charge >= 0.3 is 0 Å². The number of alkyl halides is 2. The second kappa shape index (κ2) is 4.71. The number of benzene rings is 1. The third-order valence-electron chi connectivity index (χ3n) is 3.64. The molecule has 3 nitrogen and oxygen atoms in total. The number of anilines is 1. The van der Waals surface area contributed by atoms with E-state index in [1.165, 1.54) is 0 Å². The van der Waals surface area contributed by atoms with Crippen molar-refractivity contribution in [3.8, 4) is 6.07 Å². The summed E-state index contributed by atoms with van der Waals surface area (Å²) in [5.74, 6) is -1.97. The molecule has 0 unspecified atom stereocenters. The number of fused-ring (bicyclic) bond motifs is 1. The van der Waals surface area contributed by atoms with Gasteiger partial charge in [0.1, 0.15) is 5.82 Å². The van der Waals surface area contributed by atoms with Crippen LogP contribution >= 0.6 is 0 Å². The Hall–Kier alpha value is -2.22. The number of hydrogen-bond acceptors (Lipinski definition) is 3. The highest BCUT2D eigenvalue weighted by molar-refractivity contribution is 5.86. The Morgan fingerprint density at radius 2 is 1.90 bits per heavy atom. The highest BCUT2D eigenvalue weighted by Gasteiger charge is 2.34. The summed E-state index contributed by atoms with van der Waals surface area (Å²) in [6.45, 7) is 0.534. The second-order valence-corrected chi connectivity index (χ2v) is 5.00. The summed E-state index contributed by atoms with van der Waals surface area (Å²) in [5.41, 5.74) is 1.25. The highest BCUT2D eigenvalue weighted by Crippen LogP contribution is 2.31. The molecule has 2 aromatic rings. The molecule has 0 aliphatic carbocycles. The Morgan fingerprint density at radius 3 is 2.60 bits per heavy atom. The number of para-hydroxylation sites is 1. The molecular formula is C15H13F2N3. The van der Waals surface area contributed by atoms with Crippen LogP contribution in [0.15, 0.2) is 30.3 Å². The van der Waals surface area contributed by atoms with Crippen LogP contribution in [0.5, 0.6) is 0 Å². The summed E-state index contributed by atoms with van der Waals surface area (Å²) in [6.07, 6.45) is -0.327. The van der Waals surface area contributed by atoms with Crippen LogP contribution in [0.1, 0.15) is 18.4 Å². The fraction of sp³-hybridized carbons (Fsp3) is 0.333. The van der Waals surface area contributed by atoms with E-state index in [1.54, 1.807) is 6.07 Å². The molecule has 1 aromatic carbocycles. The van der Waals surface area contributed by atoms with Gasteiger partial charge in [0.05, 0.1) is 17.1 Å². The molecule has 1 aliphatic rings. The van der Waals surface area contributed by atoms with Crippen LogP contribution in [0.25, 0.3) is 10.9 Å². The molecule has 20 heavy (non-hydrogen) atoms. The van der Waals surface area contributed by atoms with Gasteiger partial charge in [-0.2, -0.15) is 5.26 Å². The summed E-state index contributed by atoms with van der Waals surface area (Å²) in [5, 5.41) is 10.0. The largest absolute Gasteiger partial charge is 0.356 e. The van der Waals surface area contributed by atoms with Gasteiger partial charge < -0.3 is 4.90 Å². The van der Waals surface area contributed by atoms with Crippen LogP contribution in [-0.4, -0.2) is 24.0 Å². The van der Waals surface area contributed by atoms with Crippen molar-refractivity contribution in [1.82, 2.24) is 4.98 Å². The molecule has 0 saturated carbocycles. The van der Waals surface area contributed by atoms with E-state index in [1.807, 2.05) is 29.2 Å². The molecule has 1 aromatic heterocycles. The van der Waals surface area contributed by atoms with Crippen molar-refractivity contribution in [3.63, 3.8) is 0 Å². The van der Waals surface area contributed by atoms with E-state index >= 15 is 0 Å². The first-order valence-electron chi connectivity index (χ1n) is 6.52. The Kier molecular flexibility index (Phi) is 3.01. The van der Waals surface area contributed by atoms with E-state index in [9.17, 15) is 14.0 Å². The lowest BCUT2D eigenvalue weighted by molar-refractivity contribution is -0.0221. The van der Waals surface area contributed by atoms with Crippen molar-refractivity contribution >= 4 is 16.7 Å². The molecule has 0 spiro atoms. The van der Waals surface area contributed by atoms with Crippen molar-refractivity contribution in [1.29, 1.82) is 5.26 Å². The lowest BCUT2D eigenvalue weighted by atomic mass is 10.1. The van der Waals surface area contributed by atoms with Gasteiger partial charge in [0.25, 0.3) is 5.92 Å². The SMILES string of the molecule is N#Cc1cc(N2CCC(F)(F)CC2)nc2ccccc12. The normalized spacial score (nSPS) is 17.9. The molecule has 1 saturated heterocycles. The molecule has 102 valence electrons. The topological polar surface area (TPSA) is 39.9 Å². The first-order valence-corrected chi connectivity index (χ1v) is 6.52. The molecule has 5 heteroatoms. The molecule has 0 bridgehead atoms. The Labute approximate surface area is 115 Å². The fourth-order valence-electron chi connectivity index (χ4n) is 2.48. The van der Waals surface area contributed by atoms with Gasteiger partial charge in [-0.15, -0.1) is 0 Å². The molecule has 0 N–H and O–H groups in total. The smallest absolute Gasteiger partial charge is 0.251 e. The van der Waals surface area contributed by atoms with E-state index in [4.69, 9.17) is 0 Å². The summed E-state index contributed by atoms with van der Waals surface area (Å²) in [6, 6.07) is 11.2. The van der Waals surface area contributed by atoms with Gasteiger partial charge in [0.2, 0.25) is 0 Å². The minimum Gasteiger partial charge on any atom is -0.356 e. The number of nitriles is 1. The maximum atomic E-state index is 13.2. The van der Waals surface area contributed by atoms with Crippen molar-refractivity contribution in [2.45, 2.75) is 18.8 Å². The van der Waals surface area contributed by atoms with Crippen molar-refractivity contribution in [2.75, 3.05) is 18.0 Å². The number of piperidine rings is 1. The molecule has 1 aliphatic heterocycles. The predicted octanol–water partition coefficient (Wildman–Crippen LogP) is 3.34. The van der Waals surface area contributed by atoms with Gasteiger partial charge in [-0.3, -0.25) is 0 Å². The summed E-state index contributed by atoms with van der Waals surface area (Å²) >= 11 is 0. The molecule has 0 atom stereocenters. The minimum atomic E-state index is -2.58. The van der Waals surface area contributed by atoms with Gasteiger partial charge in [-0.25, -0.2) is 13.8 Å². The Morgan fingerprint density at radius 1 is 1.20 bits per heavy atom. The molecule has 2 heterocycles. The average Bonchev–Trinajstić information content (AvgIpc) is 2.46. The quantitative estimate of drug-likeness (QED) is 0.800. The third kappa shape index (κ3) is 2.29. The van der Waals surface area contributed by atoms with Crippen LogP contribution < -0.4 is 4.90 Å². The van der Waals surface area contributed by atoms with E-state index in [0.717, 1.165) is 10.9 Å². The van der Waals surface area contributed by atoms with E-state index < -0.39 is 5.92 Å². The number of nitrogens with zero attached hydrogens (tertiary/aromatic N) is 3. The van der Waals surface area contributed by atoms with Gasteiger partial charge in [-0.05, 0) is 12.1 Å². The summed E-state index contributed by atoms with van der Waals surface area (Å²) < 4.78 is 26.4. The predicted molar refractivity (Wildman–Crippen MR) is 72.9 cm³/mol. The number of rotatable bonds is 1. The van der Waals surface area contributed by atoms with Crippen LogP contribution in [0.2, 0.25) is 0 Å². The number of pyridine rings is 1. The lowest BCUT2D eigenvalue weighted by Gasteiger charge is -2.32. The summed E-state index contributed by atoms with van der Waals surface area (Å²) in [4.78, 5) is 6.31. The van der Waals surface area contributed by atoms with Gasteiger partial charge in [-0.1, -0.05) is 18.2 Å². The molecule has 0 amide bonds. The number of halogens is 2. The first kappa shape index (κ1) is 12.8. The fourth-order valence-corrected chi connectivity index (χ4v) is 2.48. The van der Waals surface area contributed by atoms with Crippen LogP contribution in [0, 0.1) is 11.3 Å². The number of hydrogen-bond donors (Lipinski definition) is 0. The monoisotopic (exact) mass is 273 g/mol. The first-order chi connectivity index (χ1) is 9.59. The second-order valence-electron chi connectivity index (χ2n) is 5.00. The average molecular weight is 273 g/mol.